The molecule has 0 aromatic heterocycles. The molecule has 0 unspecified atom stereocenters. The van der Waals surface area contributed by atoms with Crippen molar-refractivity contribution < 1.29 is 8.78 Å². The van der Waals surface area contributed by atoms with Gasteiger partial charge in [-0.1, -0.05) is 17.7 Å². The second-order valence-corrected chi connectivity index (χ2v) is 3.37. The van der Waals surface area contributed by atoms with Gasteiger partial charge in [-0.3, -0.25) is 4.39 Å². The Balaban J connectivity index is 2.39. The van der Waals surface area contributed by atoms with E-state index < -0.39 is 5.82 Å². The fourth-order valence-corrected chi connectivity index (χ4v) is 1.19. The van der Waals surface area contributed by atoms with E-state index in [9.17, 15) is 8.78 Å². The zero-order chi connectivity index (χ0) is 10.4. The molecule has 0 saturated heterocycles. The second kappa shape index (κ2) is 5.94. The molecule has 1 aromatic carbocycles. The average Bonchev–Trinajstić information content (AvgIpc) is 2.18. The maximum Gasteiger partial charge on any atom is 0.142 e. The maximum atomic E-state index is 12.9. The highest BCUT2D eigenvalue weighted by Crippen LogP contribution is 2.15. The molecule has 0 fully saturated rings. The first-order valence-electron chi connectivity index (χ1n) is 4.44. The lowest BCUT2D eigenvalue weighted by molar-refractivity contribution is 0.459. The van der Waals surface area contributed by atoms with Crippen LogP contribution in [0.3, 0.4) is 0 Å². The van der Waals surface area contributed by atoms with Gasteiger partial charge in [0, 0.05) is 6.54 Å². The molecule has 0 spiro atoms. The molecule has 1 nitrogen and oxygen atoms in total. The average molecular weight is 220 g/mol. The first-order chi connectivity index (χ1) is 6.74. The summed E-state index contributed by atoms with van der Waals surface area (Å²) in [5, 5.41) is 3.12. The van der Waals surface area contributed by atoms with E-state index >= 15 is 0 Å². The van der Waals surface area contributed by atoms with Gasteiger partial charge in [-0.2, -0.15) is 0 Å². The molecule has 0 heterocycles. The fourth-order valence-electron chi connectivity index (χ4n) is 1.07. The number of hydrogen-bond acceptors (Lipinski definition) is 1. The quantitative estimate of drug-likeness (QED) is 0.751. The van der Waals surface area contributed by atoms with Crippen molar-refractivity contribution in [3.05, 3.63) is 34.6 Å². The van der Waals surface area contributed by atoms with E-state index in [2.05, 4.69) is 5.32 Å². The van der Waals surface area contributed by atoms with Gasteiger partial charge in [0.25, 0.3) is 0 Å². The van der Waals surface area contributed by atoms with E-state index in [-0.39, 0.29) is 11.7 Å². The normalized spacial score (nSPS) is 10.5. The van der Waals surface area contributed by atoms with E-state index in [1.54, 1.807) is 6.07 Å². The number of halogens is 3. The summed E-state index contributed by atoms with van der Waals surface area (Å²) in [4.78, 5) is 0. The molecular formula is C10H12ClF2N. The molecule has 1 N–H and O–H groups in total. The number of benzene rings is 1. The summed E-state index contributed by atoms with van der Waals surface area (Å²) in [7, 11) is 0. The molecule has 78 valence electrons. The van der Waals surface area contributed by atoms with Crippen LogP contribution in [0.1, 0.15) is 12.0 Å². The van der Waals surface area contributed by atoms with E-state index in [0.29, 0.717) is 19.5 Å². The van der Waals surface area contributed by atoms with Gasteiger partial charge in [-0.25, -0.2) is 4.39 Å². The van der Waals surface area contributed by atoms with Crippen LogP contribution < -0.4 is 5.32 Å². The van der Waals surface area contributed by atoms with Crippen LogP contribution in [0, 0.1) is 5.82 Å². The predicted molar refractivity (Wildman–Crippen MR) is 53.7 cm³/mol. The number of alkyl halides is 1. The van der Waals surface area contributed by atoms with Gasteiger partial charge in [0.05, 0.1) is 11.7 Å². The van der Waals surface area contributed by atoms with Crippen LogP contribution in [-0.4, -0.2) is 13.2 Å². The smallest absolute Gasteiger partial charge is 0.142 e. The monoisotopic (exact) mass is 219 g/mol. The third-order valence-corrected chi connectivity index (χ3v) is 2.11. The van der Waals surface area contributed by atoms with Crippen molar-refractivity contribution in [3.63, 3.8) is 0 Å². The van der Waals surface area contributed by atoms with E-state index in [4.69, 9.17) is 11.6 Å². The molecule has 4 heteroatoms. The Morgan fingerprint density at radius 3 is 2.79 bits per heavy atom. The molecule has 0 aliphatic carbocycles. The van der Waals surface area contributed by atoms with Crippen LogP contribution in [-0.2, 0) is 6.54 Å². The SMILES string of the molecule is FCCCNCc1ccc(Cl)c(F)c1. The molecule has 0 atom stereocenters. The highest BCUT2D eigenvalue weighted by molar-refractivity contribution is 6.30. The molecule has 0 aliphatic rings. The van der Waals surface area contributed by atoms with Crippen LogP contribution in [0.25, 0.3) is 0 Å². The molecule has 1 rings (SSSR count). The first kappa shape index (κ1) is 11.4. The van der Waals surface area contributed by atoms with Crippen LogP contribution >= 0.6 is 11.6 Å². The van der Waals surface area contributed by atoms with Crippen molar-refractivity contribution in [2.45, 2.75) is 13.0 Å². The van der Waals surface area contributed by atoms with E-state index in [1.807, 2.05) is 0 Å². The number of hydrogen-bond donors (Lipinski definition) is 1. The van der Waals surface area contributed by atoms with Gasteiger partial charge >= 0.3 is 0 Å². The fraction of sp³-hybridized carbons (Fsp3) is 0.400. The molecule has 1 aromatic rings. The standard InChI is InChI=1S/C10H12ClF2N/c11-9-3-2-8(6-10(9)13)7-14-5-1-4-12/h2-3,6,14H,1,4-5,7H2. The summed E-state index contributed by atoms with van der Waals surface area (Å²) in [5.41, 5.74) is 0.811. The van der Waals surface area contributed by atoms with Crippen LogP contribution in [0.4, 0.5) is 8.78 Å². The Morgan fingerprint density at radius 1 is 1.36 bits per heavy atom. The van der Waals surface area contributed by atoms with Crippen LogP contribution in [0.5, 0.6) is 0 Å². The molecule has 0 radical (unpaired) electrons. The molecule has 0 amide bonds. The number of nitrogens with one attached hydrogen (secondary N) is 1. The summed E-state index contributed by atoms with van der Waals surface area (Å²) < 4.78 is 24.7. The maximum absolute atomic E-state index is 12.9. The number of rotatable bonds is 5. The van der Waals surface area contributed by atoms with Crippen LogP contribution in [0.2, 0.25) is 5.02 Å². The Hall–Kier alpha value is -0.670. The minimum absolute atomic E-state index is 0.123. The Kier molecular flexibility index (Phi) is 4.84. The van der Waals surface area contributed by atoms with Gasteiger partial charge in [0.1, 0.15) is 5.82 Å². The minimum atomic E-state index is -0.420. The van der Waals surface area contributed by atoms with Crippen molar-refractivity contribution in [3.8, 4) is 0 Å². The van der Waals surface area contributed by atoms with E-state index in [0.717, 1.165) is 5.56 Å². The summed E-state index contributed by atoms with van der Waals surface area (Å²) in [6, 6.07) is 4.64. The molecule has 0 saturated carbocycles. The van der Waals surface area contributed by atoms with Crippen molar-refractivity contribution >= 4 is 11.6 Å². The van der Waals surface area contributed by atoms with Gasteiger partial charge in [0.15, 0.2) is 0 Å². The summed E-state index contributed by atoms with van der Waals surface area (Å²) in [6.45, 7) is 0.802. The molecule has 0 aliphatic heterocycles. The topological polar surface area (TPSA) is 12.0 Å². The zero-order valence-electron chi connectivity index (χ0n) is 7.69. The highest BCUT2D eigenvalue weighted by Gasteiger charge is 2.00. The van der Waals surface area contributed by atoms with Gasteiger partial charge in [-0.05, 0) is 30.7 Å². The predicted octanol–water partition coefficient (Wildman–Crippen LogP) is 2.93. The summed E-state index contributed by atoms with van der Waals surface area (Å²) in [6.07, 6.45) is 0.482. The largest absolute Gasteiger partial charge is 0.313 e. The third-order valence-electron chi connectivity index (χ3n) is 1.80. The highest BCUT2D eigenvalue weighted by atomic mass is 35.5. The Bertz CT molecular complexity index is 291. The van der Waals surface area contributed by atoms with Gasteiger partial charge in [-0.15, -0.1) is 0 Å². The lowest BCUT2D eigenvalue weighted by Gasteiger charge is -2.04. The molecule has 14 heavy (non-hydrogen) atoms. The Morgan fingerprint density at radius 2 is 2.14 bits per heavy atom. The summed E-state index contributed by atoms with van der Waals surface area (Å²) in [5.74, 6) is -0.420. The van der Waals surface area contributed by atoms with Crippen molar-refractivity contribution in [2.75, 3.05) is 13.2 Å². The lowest BCUT2D eigenvalue weighted by atomic mass is 10.2. The molecular weight excluding hydrogens is 208 g/mol. The van der Waals surface area contributed by atoms with Crippen molar-refractivity contribution in [2.24, 2.45) is 0 Å². The first-order valence-corrected chi connectivity index (χ1v) is 4.82. The van der Waals surface area contributed by atoms with E-state index in [1.165, 1.54) is 12.1 Å². The van der Waals surface area contributed by atoms with Gasteiger partial charge in [0.2, 0.25) is 0 Å². The summed E-state index contributed by atoms with van der Waals surface area (Å²) >= 11 is 5.52. The Labute approximate surface area is 87.1 Å². The third kappa shape index (κ3) is 3.60. The lowest BCUT2D eigenvalue weighted by Crippen LogP contribution is -2.15. The van der Waals surface area contributed by atoms with Crippen molar-refractivity contribution in [1.29, 1.82) is 0 Å². The van der Waals surface area contributed by atoms with Crippen LogP contribution in [0.15, 0.2) is 18.2 Å². The molecule has 0 bridgehead atoms. The van der Waals surface area contributed by atoms with Gasteiger partial charge < -0.3 is 5.32 Å². The zero-order valence-corrected chi connectivity index (χ0v) is 8.45. The minimum Gasteiger partial charge on any atom is -0.313 e. The second-order valence-electron chi connectivity index (χ2n) is 2.97. The van der Waals surface area contributed by atoms with Crippen molar-refractivity contribution in [1.82, 2.24) is 5.32 Å².